The van der Waals surface area contributed by atoms with Crippen molar-refractivity contribution in [3.05, 3.63) is 0 Å². The lowest BCUT2D eigenvalue weighted by Crippen LogP contribution is -2.47. The molecule has 2 N–H and O–H groups in total. The zero-order valence-corrected chi connectivity index (χ0v) is 7.35. The molecule has 1 rings (SSSR count). The van der Waals surface area contributed by atoms with Gasteiger partial charge >= 0.3 is 0 Å². The van der Waals surface area contributed by atoms with Gasteiger partial charge in [-0.15, -0.1) is 0 Å². The van der Waals surface area contributed by atoms with Crippen molar-refractivity contribution in [1.29, 1.82) is 0 Å². The van der Waals surface area contributed by atoms with Gasteiger partial charge in [0.25, 0.3) is 0 Å². The molecule has 1 aliphatic carbocycles. The van der Waals surface area contributed by atoms with Gasteiger partial charge in [-0.1, -0.05) is 27.2 Å². The lowest BCUT2D eigenvalue weighted by molar-refractivity contribution is -0.0160. The minimum absolute atomic E-state index is 0.531. The van der Waals surface area contributed by atoms with Crippen molar-refractivity contribution in [3.8, 4) is 0 Å². The fraction of sp³-hybridized carbons (Fsp3) is 1.00. The smallest absolute Gasteiger partial charge is 0.00436 e. The maximum absolute atomic E-state index is 5.63. The Morgan fingerprint density at radius 3 is 2.30 bits per heavy atom. The zero-order chi connectivity index (χ0) is 7.78. The molecule has 10 heavy (non-hydrogen) atoms. The van der Waals surface area contributed by atoms with Gasteiger partial charge in [-0.3, -0.25) is 0 Å². The van der Waals surface area contributed by atoms with E-state index in [0.29, 0.717) is 5.41 Å². The van der Waals surface area contributed by atoms with Crippen LogP contribution in [0.2, 0.25) is 0 Å². The van der Waals surface area contributed by atoms with Gasteiger partial charge in [0.15, 0.2) is 0 Å². The predicted octanol–water partition coefficient (Wildman–Crippen LogP) is 2.02. The van der Waals surface area contributed by atoms with Gasteiger partial charge in [-0.25, -0.2) is 0 Å². The number of hydrogen-bond donors (Lipinski definition) is 1. The molecule has 1 heteroatoms. The Hall–Kier alpha value is -0.0400. The standard InChI is InChI=1S/C9H19N/c1-4-7-5-8(6-10)9(7,2)3/h7-8H,4-6,10H2,1-3H3. The Balaban J connectivity index is 2.47. The van der Waals surface area contributed by atoms with Crippen LogP contribution in [0, 0.1) is 17.3 Å². The monoisotopic (exact) mass is 141 g/mol. The quantitative estimate of drug-likeness (QED) is 0.625. The second-order valence-corrected chi connectivity index (χ2v) is 4.09. The van der Waals surface area contributed by atoms with E-state index in [1.54, 1.807) is 0 Å². The van der Waals surface area contributed by atoms with Crippen molar-refractivity contribution in [2.45, 2.75) is 33.6 Å². The number of nitrogens with two attached hydrogens (primary N) is 1. The van der Waals surface area contributed by atoms with Crippen molar-refractivity contribution in [3.63, 3.8) is 0 Å². The molecular formula is C9H19N. The summed E-state index contributed by atoms with van der Waals surface area (Å²) in [6, 6.07) is 0. The van der Waals surface area contributed by atoms with Crippen molar-refractivity contribution in [2.75, 3.05) is 6.54 Å². The van der Waals surface area contributed by atoms with Crippen molar-refractivity contribution < 1.29 is 0 Å². The highest BCUT2D eigenvalue weighted by molar-refractivity contribution is 4.95. The van der Waals surface area contributed by atoms with Gasteiger partial charge in [-0.05, 0) is 30.2 Å². The van der Waals surface area contributed by atoms with Gasteiger partial charge < -0.3 is 5.73 Å². The highest BCUT2D eigenvalue weighted by atomic mass is 14.6. The maximum Gasteiger partial charge on any atom is -0.00436 e. The van der Waals surface area contributed by atoms with Gasteiger partial charge in [0.05, 0.1) is 0 Å². The second-order valence-electron chi connectivity index (χ2n) is 4.09. The Morgan fingerprint density at radius 1 is 1.40 bits per heavy atom. The van der Waals surface area contributed by atoms with E-state index in [1.807, 2.05) is 0 Å². The molecule has 0 heterocycles. The molecule has 0 radical (unpaired) electrons. The first kappa shape index (κ1) is 8.06. The molecule has 0 aromatic carbocycles. The Morgan fingerprint density at radius 2 is 2.00 bits per heavy atom. The Labute approximate surface area is 64.0 Å². The van der Waals surface area contributed by atoms with Crippen LogP contribution in [0.1, 0.15) is 33.6 Å². The van der Waals surface area contributed by atoms with Crippen LogP contribution in [-0.2, 0) is 0 Å². The highest BCUT2D eigenvalue weighted by Gasteiger charge is 2.45. The van der Waals surface area contributed by atoms with Gasteiger partial charge in [0.1, 0.15) is 0 Å². The van der Waals surface area contributed by atoms with E-state index in [1.165, 1.54) is 12.8 Å². The summed E-state index contributed by atoms with van der Waals surface area (Å²) < 4.78 is 0. The highest BCUT2D eigenvalue weighted by Crippen LogP contribution is 2.51. The molecule has 2 unspecified atom stereocenters. The molecule has 0 spiro atoms. The van der Waals surface area contributed by atoms with Crippen LogP contribution in [0.25, 0.3) is 0 Å². The first-order valence-corrected chi connectivity index (χ1v) is 4.33. The molecule has 0 amide bonds. The second kappa shape index (κ2) is 2.54. The SMILES string of the molecule is CCC1CC(CN)C1(C)C. The summed E-state index contributed by atoms with van der Waals surface area (Å²) in [6.45, 7) is 7.85. The van der Waals surface area contributed by atoms with E-state index in [2.05, 4.69) is 20.8 Å². The topological polar surface area (TPSA) is 26.0 Å². The number of rotatable bonds is 2. The van der Waals surface area contributed by atoms with Crippen molar-refractivity contribution in [1.82, 2.24) is 0 Å². The summed E-state index contributed by atoms with van der Waals surface area (Å²) in [7, 11) is 0. The lowest BCUT2D eigenvalue weighted by atomic mass is 9.54. The van der Waals surface area contributed by atoms with E-state index in [0.717, 1.165) is 18.4 Å². The molecule has 0 aromatic rings. The largest absolute Gasteiger partial charge is 0.330 e. The fourth-order valence-corrected chi connectivity index (χ4v) is 2.22. The first-order valence-electron chi connectivity index (χ1n) is 4.33. The third kappa shape index (κ3) is 0.968. The lowest BCUT2D eigenvalue weighted by Gasteiger charge is -2.52. The van der Waals surface area contributed by atoms with Crippen LogP contribution in [0.5, 0.6) is 0 Å². The summed E-state index contributed by atoms with van der Waals surface area (Å²) in [5.41, 5.74) is 6.16. The van der Waals surface area contributed by atoms with E-state index in [4.69, 9.17) is 5.73 Å². The zero-order valence-electron chi connectivity index (χ0n) is 7.35. The average molecular weight is 141 g/mol. The summed E-state index contributed by atoms with van der Waals surface area (Å²) in [6.07, 6.45) is 2.68. The first-order chi connectivity index (χ1) is 4.62. The summed E-state index contributed by atoms with van der Waals surface area (Å²) in [5.74, 6) is 1.72. The van der Waals surface area contributed by atoms with Crippen LogP contribution in [0.4, 0.5) is 0 Å². The molecule has 1 fully saturated rings. The predicted molar refractivity (Wildman–Crippen MR) is 44.7 cm³/mol. The van der Waals surface area contributed by atoms with E-state index in [9.17, 15) is 0 Å². The minimum Gasteiger partial charge on any atom is -0.330 e. The molecule has 0 aliphatic heterocycles. The Kier molecular flexibility index (Phi) is 2.04. The summed E-state index contributed by atoms with van der Waals surface area (Å²) in [4.78, 5) is 0. The normalized spacial score (nSPS) is 37.2. The molecular weight excluding hydrogens is 122 g/mol. The molecule has 0 aromatic heterocycles. The maximum atomic E-state index is 5.63. The van der Waals surface area contributed by atoms with Crippen LogP contribution < -0.4 is 5.73 Å². The Bertz CT molecular complexity index is 106. The van der Waals surface area contributed by atoms with Gasteiger partial charge in [0.2, 0.25) is 0 Å². The average Bonchev–Trinajstić information content (AvgIpc) is 1.88. The minimum atomic E-state index is 0.531. The third-order valence-corrected chi connectivity index (χ3v) is 3.45. The van der Waals surface area contributed by atoms with E-state index >= 15 is 0 Å². The van der Waals surface area contributed by atoms with Crippen LogP contribution in [0.3, 0.4) is 0 Å². The summed E-state index contributed by atoms with van der Waals surface area (Å²) >= 11 is 0. The fourth-order valence-electron chi connectivity index (χ4n) is 2.22. The van der Waals surface area contributed by atoms with Gasteiger partial charge in [-0.2, -0.15) is 0 Å². The molecule has 1 saturated carbocycles. The third-order valence-electron chi connectivity index (χ3n) is 3.45. The van der Waals surface area contributed by atoms with Crippen LogP contribution in [0.15, 0.2) is 0 Å². The van der Waals surface area contributed by atoms with Crippen molar-refractivity contribution >= 4 is 0 Å². The van der Waals surface area contributed by atoms with Gasteiger partial charge in [0, 0.05) is 0 Å². The number of hydrogen-bond acceptors (Lipinski definition) is 1. The van der Waals surface area contributed by atoms with E-state index < -0.39 is 0 Å². The van der Waals surface area contributed by atoms with Crippen LogP contribution in [-0.4, -0.2) is 6.54 Å². The summed E-state index contributed by atoms with van der Waals surface area (Å²) in [5, 5.41) is 0. The van der Waals surface area contributed by atoms with Crippen molar-refractivity contribution in [2.24, 2.45) is 23.0 Å². The van der Waals surface area contributed by atoms with E-state index in [-0.39, 0.29) is 0 Å². The molecule has 0 saturated heterocycles. The molecule has 0 bridgehead atoms. The molecule has 1 nitrogen and oxygen atoms in total. The molecule has 1 aliphatic rings. The van der Waals surface area contributed by atoms with Crippen LogP contribution >= 0.6 is 0 Å². The molecule has 60 valence electrons. The molecule has 2 atom stereocenters.